The number of hydrogen-bond acceptors (Lipinski definition) is 2. The molecule has 1 aliphatic carbocycles. The van der Waals surface area contributed by atoms with E-state index in [1.807, 2.05) is 7.05 Å². The van der Waals surface area contributed by atoms with E-state index in [1.54, 1.807) is 0 Å². The van der Waals surface area contributed by atoms with Gasteiger partial charge in [0.05, 0.1) is 0 Å². The third kappa shape index (κ3) is 6.87. The molecule has 1 atom stereocenters. The molecule has 2 rings (SSSR count). The van der Waals surface area contributed by atoms with Gasteiger partial charge in [0.25, 0.3) is 0 Å². The summed E-state index contributed by atoms with van der Waals surface area (Å²) in [4.78, 5) is 19.1. The summed E-state index contributed by atoms with van der Waals surface area (Å²) in [5, 5.41) is 6.91. The summed E-state index contributed by atoms with van der Waals surface area (Å²) < 4.78 is 0. The van der Waals surface area contributed by atoms with Gasteiger partial charge in [-0.1, -0.05) is 46.0 Å². The Bertz CT molecular complexity index is 429. The molecule has 0 bridgehead atoms. The lowest BCUT2D eigenvalue weighted by atomic mass is 9.88. The van der Waals surface area contributed by atoms with Crippen molar-refractivity contribution in [3.63, 3.8) is 0 Å². The molecule has 1 saturated heterocycles. The Morgan fingerprint density at radius 2 is 1.92 bits per heavy atom. The minimum atomic E-state index is 0.283. The van der Waals surface area contributed by atoms with E-state index in [2.05, 4.69) is 34.4 Å². The van der Waals surface area contributed by atoms with E-state index in [9.17, 15) is 4.79 Å². The zero-order valence-corrected chi connectivity index (χ0v) is 16.5. The Labute approximate surface area is 154 Å². The van der Waals surface area contributed by atoms with Crippen molar-refractivity contribution >= 4 is 11.9 Å². The average Bonchev–Trinajstić information content (AvgIpc) is 3.08. The third-order valence-electron chi connectivity index (χ3n) is 5.52. The Morgan fingerprint density at radius 3 is 2.60 bits per heavy atom. The van der Waals surface area contributed by atoms with Crippen LogP contribution in [0.4, 0.5) is 0 Å². The van der Waals surface area contributed by atoms with Gasteiger partial charge in [0, 0.05) is 38.6 Å². The number of guanidine groups is 1. The number of likely N-dealkylation sites (tertiary alicyclic amines) is 1. The summed E-state index contributed by atoms with van der Waals surface area (Å²) in [5.74, 6) is 2.33. The van der Waals surface area contributed by atoms with Crippen LogP contribution in [0, 0.1) is 11.8 Å². The first-order valence-corrected chi connectivity index (χ1v) is 10.4. The molecule has 1 saturated carbocycles. The van der Waals surface area contributed by atoms with Gasteiger partial charge in [-0.2, -0.15) is 0 Å². The molecule has 1 aliphatic heterocycles. The number of unbranched alkanes of at least 4 members (excludes halogenated alkanes) is 1. The second-order valence-corrected chi connectivity index (χ2v) is 8.14. The maximum atomic E-state index is 12.7. The van der Waals surface area contributed by atoms with Crippen molar-refractivity contribution in [2.45, 2.75) is 77.7 Å². The van der Waals surface area contributed by atoms with Crippen molar-refractivity contribution in [3.8, 4) is 0 Å². The van der Waals surface area contributed by atoms with Gasteiger partial charge in [-0.25, -0.2) is 0 Å². The van der Waals surface area contributed by atoms with Crippen molar-refractivity contribution in [1.29, 1.82) is 0 Å². The minimum Gasteiger partial charge on any atom is -0.356 e. The molecular weight excluding hydrogens is 312 g/mol. The van der Waals surface area contributed by atoms with E-state index < -0.39 is 0 Å². The molecule has 0 aromatic heterocycles. The number of nitrogens with one attached hydrogen (secondary N) is 2. The van der Waals surface area contributed by atoms with Gasteiger partial charge in [-0.3, -0.25) is 9.79 Å². The van der Waals surface area contributed by atoms with Crippen molar-refractivity contribution in [1.82, 2.24) is 15.5 Å². The van der Waals surface area contributed by atoms with Gasteiger partial charge >= 0.3 is 0 Å². The zero-order chi connectivity index (χ0) is 18.1. The van der Waals surface area contributed by atoms with E-state index in [4.69, 9.17) is 0 Å². The molecular formula is C20H38N4O. The number of nitrogens with zero attached hydrogens (tertiary/aromatic N) is 2. The Balaban J connectivity index is 1.67. The fourth-order valence-electron chi connectivity index (χ4n) is 3.96. The summed E-state index contributed by atoms with van der Waals surface area (Å²) in [5.41, 5.74) is 0. The fraction of sp³-hybridized carbons (Fsp3) is 0.900. The molecule has 0 aromatic rings. The Morgan fingerprint density at radius 1 is 1.16 bits per heavy atom. The third-order valence-corrected chi connectivity index (χ3v) is 5.52. The molecule has 1 heterocycles. The molecule has 2 aliphatic rings. The van der Waals surface area contributed by atoms with Crippen LogP contribution in [0.3, 0.4) is 0 Å². The lowest BCUT2D eigenvalue weighted by Crippen LogP contribution is -2.45. The van der Waals surface area contributed by atoms with E-state index in [-0.39, 0.29) is 5.92 Å². The molecule has 1 unspecified atom stereocenters. The largest absolute Gasteiger partial charge is 0.356 e. The molecule has 1 amide bonds. The standard InChI is InChI=1S/C20H38N4O/c1-16(2)9-7-8-13-22-20(21-3)23-18-12-14-24(15-18)19(25)17-10-5-4-6-11-17/h16-18H,4-15H2,1-3H3,(H2,21,22,23). The lowest BCUT2D eigenvalue weighted by molar-refractivity contribution is -0.135. The van der Waals surface area contributed by atoms with Gasteiger partial charge in [-0.15, -0.1) is 0 Å². The van der Waals surface area contributed by atoms with Crippen LogP contribution in [0.2, 0.25) is 0 Å². The quantitative estimate of drug-likeness (QED) is 0.421. The smallest absolute Gasteiger partial charge is 0.225 e. The summed E-state index contributed by atoms with van der Waals surface area (Å²) in [7, 11) is 1.82. The summed E-state index contributed by atoms with van der Waals surface area (Å²) in [6.07, 6.45) is 10.7. The molecule has 2 fully saturated rings. The predicted octanol–water partition coefficient (Wildman–Crippen LogP) is 3.16. The molecule has 0 spiro atoms. The SMILES string of the molecule is CN=C(NCCCCC(C)C)NC1CCN(C(=O)C2CCCCC2)C1. The van der Waals surface area contributed by atoms with Crippen LogP contribution in [0.5, 0.6) is 0 Å². The van der Waals surface area contributed by atoms with E-state index >= 15 is 0 Å². The normalized spacial score (nSPS) is 22.5. The van der Waals surface area contributed by atoms with Gasteiger partial charge in [0.15, 0.2) is 5.96 Å². The first kappa shape index (κ1) is 20.1. The summed E-state index contributed by atoms with van der Waals surface area (Å²) >= 11 is 0. The molecule has 0 radical (unpaired) electrons. The van der Waals surface area contributed by atoms with Gasteiger partial charge in [0.1, 0.15) is 0 Å². The fourth-order valence-corrected chi connectivity index (χ4v) is 3.96. The van der Waals surface area contributed by atoms with Crippen molar-refractivity contribution in [2.75, 3.05) is 26.7 Å². The average molecular weight is 351 g/mol. The van der Waals surface area contributed by atoms with Crippen LogP contribution >= 0.6 is 0 Å². The van der Waals surface area contributed by atoms with Crippen LogP contribution in [0.1, 0.15) is 71.6 Å². The molecule has 5 nitrogen and oxygen atoms in total. The number of amides is 1. The highest BCUT2D eigenvalue weighted by Crippen LogP contribution is 2.26. The second-order valence-electron chi connectivity index (χ2n) is 8.14. The number of aliphatic imine (C=N–C) groups is 1. The highest BCUT2D eigenvalue weighted by atomic mass is 16.2. The highest BCUT2D eigenvalue weighted by Gasteiger charge is 2.31. The van der Waals surface area contributed by atoms with Crippen LogP contribution < -0.4 is 10.6 Å². The minimum absolute atomic E-state index is 0.283. The maximum absolute atomic E-state index is 12.7. The van der Waals surface area contributed by atoms with Gasteiger partial charge < -0.3 is 15.5 Å². The van der Waals surface area contributed by atoms with Crippen LogP contribution in [0.25, 0.3) is 0 Å². The monoisotopic (exact) mass is 350 g/mol. The van der Waals surface area contributed by atoms with Crippen LogP contribution in [-0.4, -0.2) is 49.5 Å². The summed E-state index contributed by atoms with van der Waals surface area (Å²) in [6, 6.07) is 0.328. The Hall–Kier alpha value is -1.26. The second kappa shape index (κ2) is 10.7. The molecule has 144 valence electrons. The maximum Gasteiger partial charge on any atom is 0.225 e. The topological polar surface area (TPSA) is 56.7 Å². The van der Waals surface area contributed by atoms with E-state index in [0.29, 0.717) is 11.9 Å². The van der Waals surface area contributed by atoms with Gasteiger partial charge in [0.2, 0.25) is 5.91 Å². The Kier molecular flexibility index (Phi) is 8.56. The number of carbonyl (C=O) groups excluding carboxylic acids is 1. The van der Waals surface area contributed by atoms with Crippen molar-refractivity contribution in [3.05, 3.63) is 0 Å². The number of carbonyl (C=O) groups is 1. The van der Waals surface area contributed by atoms with Crippen LogP contribution in [-0.2, 0) is 4.79 Å². The first-order valence-electron chi connectivity index (χ1n) is 10.4. The number of hydrogen-bond donors (Lipinski definition) is 2. The van der Waals surface area contributed by atoms with E-state index in [0.717, 1.165) is 50.8 Å². The highest BCUT2D eigenvalue weighted by molar-refractivity contribution is 5.81. The van der Waals surface area contributed by atoms with E-state index in [1.165, 1.54) is 38.5 Å². The zero-order valence-electron chi connectivity index (χ0n) is 16.5. The van der Waals surface area contributed by atoms with Crippen molar-refractivity contribution in [2.24, 2.45) is 16.8 Å². The van der Waals surface area contributed by atoms with Gasteiger partial charge in [-0.05, 0) is 31.6 Å². The van der Waals surface area contributed by atoms with Crippen LogP contribution in [0.15, 0.2) is 4.99 Å². The lowest BCUT2D eigenvalue weighted by Gasteiger charge is -2.26. The summed E-state index contributed by atoms with van der Waals surface area (Å²) in [6.45, 7) is 7.22. The predicted molar refractivity (Wildman–Crippen MR) is 105 cm³/mol. The molecule has 5 heteroatoms. The molecule has 2 N–H and O–H groups in total. The number of rotatable bonds is 7. The first-order chi connectivity index (χ1) is 12.1. The molecule has 0 aromatic carbocycles. The molecule has 25 heavy (non-hydrogen) atoms. The van der Waals surface area contributed by atoms with Crippen molar-refractivity contribution < 1.29 is 4.79 Å².